The molecule has 4 N–H and O–H groups in total. The Balaban J connectivity index is 1.04. The number of nitrogens with zero attached hydrogens (tertiary/aromatic N) is 1. The van der Waals surface area contributed by atoms with Gasteiger partial charge in [-0.3, -0.25) is 4.79 Å². The number of halogens is 3. The van der Waals surface area contributed by atoms with Gasteiger partial charge in [0, 0.05) is 18.3 Å². The maximum Gasteiger partial charge on any atom is 0.573 e. The Labute approximate surface area is 273 Å². The van der Waals surface area contributed by atoms with E-state index in [-0.39, 0.29) is 41.4 Å². The van der Waals surface area contributed by atoms with Crippen molar-refractivity contribution in [2.75, 3.05) is 10.6 Å². The second kappa shape index (κ2) is 15.2. The van der Waals surface area contributed by atoms with Crippen molar-refractivity contribution in [2.45, 2.75) is 50.6 Å². The molecule has 4 aromatic rings. The molecule has 1 aliphatic carbocycles. The minimum atomic E-state index is -4.88. The van der Waals surface area contributed by atoms with Crippen molar-refractivity contribution in [3.05, 3.63) is 102 Å². The van der Waals surface area contributed by atoms with Gasteiger partial charge in [-0.1, -0.05) is 30.3 Å². The van der Waals surface area contributed by atoms with E-state index in [4.69, 9.17) is 9.47 Å². The summed E-state index contributed by atoms with van der Waals surface area (Å²) in [4.78, 5) is 40.5. The van der Waals surface area contributed by atoms with Crippen molar-refractivity contribution in [3.63, 3.8) is 0 Å². The molecular weight excluding hydrogens is 633 g/mol. The number of aromatic carboxylic acids is 1. The summed E-state index contributed by atoms with van der Waals surface area (Å²) < 4.78 is 53.8. The van der Waals surface area contributed by atoms with Crippen LogP contribution in [0, 0.1) is 0 Å². The van der Waals surface area contributed by atoms with Gasteiger partial charge in [-0.25, -0.2) is 14.6 Å². The van der Waals surface area contributed by atoms with Gasteiger partial charge in [0.15, 0.2) is 5.75 Å². The fourth-order valence-corrected chi connectivity index (χ4v) is 5.09. The van der Waals surface area contributed by atoms with E-state index in [9.17, 15) is 32.7 Å². The number of pyridine rings is 1. The number of aromatic nitrogens is 1. The minimum absolute atomic E-state index is 0.000546. The molecule has 3 aromatic carbocycles. The average Bonchev–Trinajstić information content (AvgIpc) is 3.04. The van der Waals surface area contributed by atoms with Crippen LogP contribution in [0.25, 0.3) is 0 Å². The highest BCUT2D eigenvalue weighted by Crippen LogP contribution is 2.31. The van der Waals surface area contributed by atoms with Crippen molar-refractivity contribution >= 4 is 29.3 Å². The first-order valence-electron chi connectivity index (χ1n) is 14.9. The Morgan fingerprint density at radius 1 is 0.812 bits per heavy atom. The molecule has 0 atom stereocenters. The third-order valence-corrected chi connectivity index (χ3v) is 7.31. The fourth-order valence-electron chi connectivity index (χ4n) is 5.09. The number of hydrogen-bond donors (Lipinski definition) is 4. The molecule has 1 heterocycles. The summed E-state index contributed by atoms with van der Waals surface area (Å²) >= 11 is 0. The third-order valence-electron chi connectivity index (χ3n) is 7.31. The number of carboxylic acids is 1. The summed E-state index contributed by atoms with van der Waals surface area (Å²) in [5, 5.41) is 17.1. The number of urea groups is 1. The largest absolute Gasteiger partial charge is 0.573 e. The van der Waals surface area contributed by atoms with Gasteiger partial charge < -0.3 is 35.3 Å². The number of nitrogens with one attached hydrogen (secondary N) is 3. The molecule has 3 amide bonds. The smallest absolute Gasteiger partial charge is 0.490 e. The predicted molar refractivity (Wildman–Crippen MR) is 168 cm³/mol. The molecule has 48 heavy (non-hydrogen) atoms. The lowest BCUT2D eigenvalue weighted by Crippen LogP contribution is -2.41. The van der Waals surface area contributed by atoms with E-state index in [0.717, 1.165) is 6.07 Å². The number of ether oxygens (including phenoxy) is 3. The summed E-state index contributed by atoms with van der Waals surface area (Å²) in [6.07, 6.45) is -0.886. The molecule has 11 nitrogen and oxygen atoms in total. The molecule has 250 valence electrons. The van der Waals surface area contributed by atoms with Crippen molar-refractivity contribution in [2.24, 2.45) is 0 Å². The Morgan fingerprint density at radius 2 is 1.48 bits per heavy atom. The van der Waals surface area contributed by atoms with Crippen LogP contribution in [0.2, 0.25) is 0 Å². The standard InChI is InChI=1S/C34H31F3N4O7/c35-34(36,37)48-29-8-4-3-7-28(29)41-33(45)39-22-10-12-23(13-11-22)46-24-14-16-25(17-15-24)47-31-18-9-21(20-38-31)19-30(42)40-27-6-2-1-5-26(27)32(43)44/h1-9,14-18,20,22-23H,10-13,19H2,(H,40,42)(H,43,44)(H2,39,41,45). The van der Waals surface area contributed by atoms with Gasteiger partial charge in [0.05, 0.1) is 29.5 Å². The lowest BCUT2D eigenvalue weighted by atomic mass is 9.93. The predicted octanol–water partition coefficient (Wildman–Crippen LogP) is 7.16. The van der Waals surface area contributed by atoms with E-state index >= 15 is 0 Å². The monoisotopic (exact) mass is 664 g/mol. The van der Waals surface area contributed by atoms with Crippen molar-refractivity contribution < 1.29 is 46.9 Å². The molecule has 0 bridgehead atoms. The summed E-state index contributed by atoms with van der Waals surface area (Å²) in [6, 6.07) is 21.0. The van der Waals surface area contributed by atoms with E-state index in [0.29, 0.717) is 48.6 Å². The molecule has 1 saturated carbocycles. The normalized spacial score (nSPS) is 15.9. The number of hydrogen-bond acceptors (Lipinski definition) is 7. The summed E-state index contributed by atoms with van der Waals surface area (Å²) in [5.74, 6) is -0.546. The molecule has 1 aliphatic rings. The molecule has 0 unspecified atom stereocenters. The minimum Gasteiger partial charge on any atom is -0.490 e. The van der Waals surface area contributed by atoms with E-state index in [1.54, 1.807) is 48.5 Å². The van der Waals surface area contributed by atoms with Crippen LogP contribution in [0.1, 0.15) is 41.6 Å². The summed E-state index contributed by atoms with van der Waals surface area (Å²) in [5.41, 5.74) is 0.737. The van der Waals surface area contributed by atoms with Gasteiger partial charge in [0.25, 0.3) is 0 Å². The lowest BCUT2D eigenvalue weighted by molar-refractivity contribution is -0.274. The van der Waals surface area contributed by atoms with Gasteiger partial charge in [0.1, 0.15) is 11.5 Å². The van der Waals surface area contributed by atoms with Crippen LogP contribution in [0.5, 0.6) is 23.1 Å². The Morgan fingerprint density at radius 3 is 2.15 bits per heavy atom. The third kappa shape index (κ3) is 9.85. The van der Waals surface area contributed by atoms with Gasteiger partial charge in [-0.15, -0.1) is 13.2 Å². The zero-order valence-electron chi connectivity index (χ0n) is 25.3. The van der Waals surface area contributed by atoms with E-state index in [1.807, 2.05) is 0 Å². The number of benzene rings is 3. The van der Waals surface area contributed by atoms with E-state index in [1.165, 1.54) is 36.5 Å². The number of para-hydroxylation sites is 3. The number of carbonyl (C=O) groups is 3. The van der Waals surface area contributed by atoms with Crippen LogP contribution in [-0.2, 0) is 11.2 Å². The Bertz CT molecular complexity index is 1730. The van der Waals surface area contributed by atoms with E-state index in [2.05, 4.69) is 25.7 Å². The molecule has 0 radical (unpaired) electrons. The number of amides is 3. The van der Waals surface area contributed by atoms with Crippen molar-refractivity contribution in [1.82, 2.24) is 10.3 Å². The van der Waals surface area contributed by atoms with Crippen LogP contribution in [0.3, 0.4) is 0 Å². The number of carbonyl (C=O) groups excluding carboxylic acids is 2. The summed E-state index contributed by atoms with van der Waals surface area (Å²) in [6.45, 7) is 0. The lowest BCUT2D eigenvalue weighted by Gasteiger charge is -2.29. The second-order valence-electron chi connectivity index (χ2n) is 10.9. The average molecular weight is 665 g/mol. The first-order valence-corrected chi connectivity index (χ1v) is 14.9. The molecule has 1 aromatic heterocycles. The van der Waals surface area contributed by atoms with Gasteiger partial charge in [0.2, 0.25) is 11.8 Å². The molecule has 0 spiro atoms. The van der Waals surface area contributed by atoms with Crippen LogP contribution in [0.15, 0.2) is 91.1 Å². The fraction of sp³-hybridized carbons (Fsp3) is 0.235. The molecule has 1 fully saturated rings. The zero-order chi connectivity index (χ0) is 34.1. The highest BCUT2D eigenvalue weighted by Gasteiger charge is 2.32. The van der Waals surface area contributed by atoms with Gasteiger partial charge in [-0.05, 0) is 79.8 Å². The van der Waals surface area contributed by atoms with Crippen molar-refractivity contribution in [1.29, 1.82) is 0 Å². The van der Waals surface area contributed by atoms with Crippen LogP contribution in [0.4, 0.5) is 29.3 Å². The first kappa shape index (κ1) is 33.6. The van der Waals surface area contributed by atoms with E-state index < -0.39 is 24.1 Å². The molecule has 0 aliphatic heterocycles. The number of rotatable bonds is 11. The quantitative estimate of drug-likeness (QED) is 0.132. The van der Waals surface area contributed by atoms with Crippen LogP contribution in [-0.4, -0.2) is 46.5 Å². The van der Waals surface area contributed by atoms with Crippen LogP contribution < -0.4 is 30.2 Å². The number of alkyl halides is 3. The highest BCUT2D eigenvalue weighted by molar-refractivity contribution is 6.01. The first-order chi connectivity index (χ1) is 23.0. The summed E-state index contributed by atoms with van der Waals surface area (Å²) in [7, 11) is 0. The Hall–Kier alpha value is -5.79. The van der Waals surface area contributed by atoms with Crippen molar-refractivity contribution in [3.8, 4) is 23.1 Å². The highest BCUT2D eigenvalue weighted by atomic mass is 19.4. The topological polar surface area (TPSA) is 148 Å². The SMILES string of the molecule is O=C(Cc1ccc(Oc2ccc(OC3CCC(NC(=O)Nc4ccccc4OC(F)(F)F)CC3)cc2)nc1)Nc1ccccc1C(=O)O. The molecule has 5 rings (SSSR count). The maximum absolute atomic E-state index is 12.7. The van der Waals surface area contributed by atoms with Gasteiger partial charge >= 0.3 is 18.4 Å². The molecule has 14 heteroatoms. The number of carboxylic acid groups (broad SMARTS) is 1. The van der Waals surface area contributed by atoms with Crippen LogP contribution >= 0.6 is 0 Å². The molecular formula is C34H31F3N4O7. The number of anilines is 2. The Kier molecular flexibility index (Phi) is 10.6. The van der Waals surface area contributed by atoms with Gasteiger partial charge in [-0.2, -0.15) is 0 Å². The maximum atomic E-state index is 12.7. The second-order valence-corrected chi connectivity index (χ2v) is 10.9. The zero-order valence-corrected chi connectivity index (χ0v) is 25.3. The molecule has 0 saturated heterocycles.